The minimum Gasteiger partial charge on any atom is -0.487 e. The van der Waals surface area contributed by atoms with Crippen molar-refractivity contribution >= 4 is 5.91 Å². The number of nitrogens with one attached hydrogen (secondary N) is 1. The van der Waals surface area contributed by atoms with Gasteiger partial charge in [-0.2, -0.15) is 0 Å². The first-order chi connectivity index (χ1) is 13.4. The number of benzene rings is 2. The number of rotatable bonds is 4. The van der Waals surface area contributed by atoms with E-state index in [1.807, 2.05) is 24.3 Å². The highest BCUT2D eigenvalue weighted by molar-refractivity contribution is 5.78. The van der Waals surface area contributed by atoms with E-state index < -0.39 is 0 Å². The molecule has 4 nitrogen and oxygen atoms in total. The van der Waals surface area contributed by atoms with Gasteiger partial charge in [0.15, 0.2) is 6.61 Å². The van der Waals surface area contributed by atoms with Crippen molar-refractivity contribution in [3.63, 3.8) is 0 Å². The highest BCUT2D eigenvalue weighted by Crippen LogP contribution is 2.39. The number of ether oxygens (including phenoxy) is 2. The minimum atomic E-state index is -0.320. The zero-order chi connectivity index (χ0) is 19.7. The maximum atomic E-state index is 12.7. The first-order valence-corrected chi connectivity index (χ1v) is 10.2. The van der Waals surface area contributed by atoms with Crippen LogP contribution in [0.15, 0.2) is 36.4 Å². The Kier molecular flexibility index (Phi) is 5.05. The van der Waals surface area contributed by atoms with Crippen LogP contribution in [0, 0.1) is 6.92 Å². The molecule has 0 aromatic heterocycles. The van der Waals surface area contributed by atoms with Crippen molar-refractivity contribution in [1.29, 1.82) is 0 Å². The molecule has 4 rings (SSSR count). The standard InChI is InChI=1S/C24H29NO3/c1-16-11-12-22-19(13-16)20(14-24(2,3)28-22)25-23(26)15-27-21-10-6-8-17-7-4-5-9-18(17)21/h6,8,10-13,20H,4-5,7,9,14-15H2,1-3H3,(H,25,26)/t20-/m1/s1. The van der Waals surface area contributed by atoms with Crippen LogP contribution in [0.5, 0.6) is 11.5 Å². The minimum absolute atomic E-state index is 0.0371. The number of hydrogen-bond acceptors (Lipinski definition) is 3. The molecule has 0 saturated carbocycles. The van der Waals surface area contributed by atoms with Gasteiger partial charge in [-0.3, -0.25) is 4.79 Å². The second-order valence-electron chi connectivity index (χ2n) is 8.62. The van der Waals surface area contributed by atoms with Gasteiger partial charge in [0, 0.05) is 12.0 Å². The molecule has 148 valence electrons. The summed E-state index contributed by atoms with van der Waals surface area (Å²) in [5.41, 5.74) is 4.52. The Morgan fingerprint density at radius 2 is 2.04 bits per heavy atom. The molecule has 1 aliphatic heterocycles. The maximum Gasteiger partial charge on any atom is 0.258 e. The number of amides is 1. The van der Waals surface area contributed by atoms with Crippen LogP contribution in [0.3, 0.4) is 0 Å². The zero-order valence-corrected chi connectivity index (χ0v) is 17.0. The average molecular weight is 380 g/mol. The van der Waals surface area contributed by atoms with Gasteiger partial charge < -0.3 is 14.8 Å². The van der Waals surface area contributed by atoms with E-state index in [0.717, 1.165) is 41.9 Å². The molecule has 0 saturated heterocycles. The molecule has 28 heavy (non-hydrogen) atoms. The lowest BCUT2D eigenvalue weighted by Crippen LogP contribution is -2.42. The van der Waals surface area contributed by atoms with Gasteiger partial charge in [-0.25, -0.2) is 0 Å². The summed E-state index contributed by atoms with van der Waals surface area (Å²) in [6.45, 7) is 6.21. The second kappa shape index (κ2) is 7.50. The SMILES string of the molecule is Cc1ccc2c(c1)[C@H](NC(=O)COc1cccc3c1CCCC3)CC(C)(C)O2. The summed E-state index contributed by atoms with van der Waals surface area (Å²) in [6.07, 6.45) is 5.29. The Morgan fingerprint density at radius 1 is 1.21 bits per heavy atom. The van der Waals surface area contributed by atoms with Gasteiger partial charge in [0.2, 0.25) is 0 Å². The third-order valence-corrected chi connectivity index (χ3v) is 5.67. The Hall–Kier alpha value is -2.49. The maximum absolute atomic E-state index is 12.7. The average Bonchev–Trinajstić information content (AvgIpc) is 2.66. The molecule has 0 spiro atoms. The van der Waals surface area contributed by atoms with Crippen LogP contribution in [0.1, 0.15) is 61.4 Å². The van der Waals surface area contributed by atoms with Gasteiger partial charge in [-0.05, 0) is 69.7 Å². The summed E-state index contributed by atoms with van der Waals surface area (Å²) in [5.74, 6) is 1.62. The Bertz CT molecular complexity index is 887. The molecule has 2 aromatic carbocycles. The van der Waals surface area contributed by atoms with Crippen LogP contribution in [0.25, 0.3) is 0 Å². The predicted molar refractivity (Wildman–Crippen MR) is 110 cm³/mol. The van der Waals surface area contributed by atoms with Gasteiger partial charge in [-0.1, -0.05) is 29.8 Å². The molecule has 2 aliphatic rings. The Labute approximate surface area is 167 Å². The molecule has 1 N–H and O–H groups in total. The number of carbonyl (C=O) groups is 1. The molecule has 0 fully saturated rings. The third-order valence-electron chi connectivity index (χ3n) is 5.67. The summed E-state index contributed by atoms with van der Waals surface area (Å²) in [7, 11) is 0. The molecule has 1 aliphatic carbocycles. The van der Waals surface area contributed by atoms with E-state index in [1.165, 1.54) is 24.0 Å². The fraction of sp³-hybridized carbons (Fsp3) is 0.458. The van der Waals surface area contributed by atoms with E-state index in [2.05, 4.69) is 38.2 Å². The highest BCUT2D eigenvalue weighted by Gasteiger charge is 2.34. The number of aryl methyl sites for hydroxylation is 2. The highest BCUT2D eigenvalue weighted by atomic mass is 16.5. The summed E-state index contributed by atoms with van der Waals surface area (Å²) in [4.78, 5) is 12.7. The largest absolute Gasteiger partial charge is 0.487 e. The smallest absolute Gasteiger partial charge is 0.258 e. The van der Waals surface area contributed by atoms with Crippen molar-refractivity contribution in [2.45, 2.75) is 64.5 Å². The molecule has 0 bridgehead atoms. The molecule has 2 aromatic rings. The van der Waals surface area contributed by atoms with Crippen LogP contribution >= 0.6 is 0 Å². The van der Waals surface area contributed by atoms with E-state index in [-0.39, 0.29) is 24.2 Å². The van der Waals surface area contributed by atoms with Crippen molar-refractivity contribution in [1.82, 2.24) is 5.32 Å². The normalized spacial score (nSPS) is 19.8. The van der Waals surface area contributed by atoms with E-state index >= 15 is 0 Å². The molecule has 1 heterocycles. The first kappa shape index (κ1) is 18.9. The van der Waals surface area contributed by atoms with E-state index in [9.17, 15) is 4.79 Å². The van der Waals surface area contributed by atoms with Crippen LogP contribution in [-0.4, -0.2) is 18.1 Å². The lowest BCUT2D eigenvalue weighted by molar-refractivity contribution is -0.124. The molecule has 1 amide bonds. The monoisotopic (exact) mass is 379 g/mol. The van der Waals surface area contributed by atoms with Gasteiger partial charge in [0.25, 0.3) is 5.91 Å². The van der Waals surface area contributed by atoms with Crippen molar-refractivity contribution in [2.24, 2.45) is 0 Å². The number of hydrogen-bond donors (Lipinski definition) is 1. The first-order valence-electron chi connectivity index (χ1n) is 10.2. The van der Waals surface area contributed by atoms with Crippen LogP contribution in [0.2, 0.25) is 0 Å². The van der Waals surface area contributed by atoms with Crippen molar-refractivity contribution in [3.8, 4) is 11.5 Å². The zero-order valence-electron chi connectivity index (χ0n) is 17.0. The molecular formula is C24H29NO3. The summed E-state index contributed by atoms with van der Waals surface area (Å²) in [6, 6.07) is 12.2. The molecular weight excluding hydrogens is 350 g/mol. The van der Waals surface area contributed by atoms with Gasteiger partial charge in [-0.15, -0.1) is 0 Å². The lowest BCUT2D eigenvalue weighted by Gasteiger charge is -2.38. The lowest BCUT2D eigenvalue weighted by atomic mass is 9.89. The topological polar surface area (TPSA) is 47.6 Å². The molecule has 1 atom stereocenters. The molecule has 4 heteroatoms. The quantitative estimate of drug-likeness (QED) is 0.840. The van der Waals surface area contributed by atoms with Crippen molar-refractivity contribution in [3.05, 3.63) is 58.7 Å². The van der Waals surface area contributed by atoms with Crippen LogP contribution < -0.4 is 14.8 Å². The second-order valence-corrected chi connectivity index (χ2v) is 8.62. The predicted octanol–water partition coefficient (Wildman–Crippen LogP) is 4.67. The van der Waals surface area contributed by atoms with Crippen molar-refractivity contribution < 1.29 is 14.3 Å². The summed E-state index contributed by atoms with van der Waals surface area (Å²) >= 11 is 0. The third kappa shape index (κ3) is 4.01. The number of fused-ring (bicyclic) bond motifs is 2. The van der Waals surface area contributed by atoms with Gasteiger partial charge in [0.05, 0.1) is 6.04 Å². The summed E-state index contributed by atoms with van der Waals surface area (Å²) < 4.78 is 12.0. The van der Waals surface area contributed by atoms with Gasteiger partial charge in [0.1, 0.15) is 17.1 Å². The van der Waals surface area contributed by atoms with E-state index in [1.54, 1.807) is 0 Å². The Balaban J connectivity index is 1.45. The fourth-order valence-corrected chi connectivity index (χ4v) is 4.36. The van der Waals surface area contributed by atoms with Crippen LogP contribution in [0.4, 0.5) is 0 Å². The number of carbonyl (C=O) groups excluding carboxylic acids is 1. The Morgan fingerprint density at radius 3 is 2.89 bits per heavy atom. The summed E-state index contributed by atoms with van der Waals surface area (Å²) in [5, 5.41) is 3.16. The molecule has 0 radical (unpaired) electrons. The molecule has 0 unspecified atom stereocenters. The van der Waals surface area contributed by atoms with E-state index in [4.69, 9.17) is 9.47 Å². The fourth-order valence-electron chi connectivity index (χ4n) is 4.36. The van der Waals surface area contributed by atoms with E-state index in [0.29, 0.717) is 0 Å². The van der Waals surface area contributed by atoms with Gasteiger partial charge >= 0.3 is 0 Å². The van der Waals surface area contributed by atoms with Crippen molar-refractivity contribution in [2.75, 3.05) is 6.61 Å². The van der Waals surface area contributed by atoms with Crippen LogP contribution in [-0.2, 0) is 17.6 Å².